The smallest absolute Gasteiger partial charge is 0.241 e. The van der Waals surface area contributed by atoms with Gasteiger partial charge in [0.05, 0.1) is 17.1 Å². The van der Waals surface area contributed by atoms with Gasteiger partial charge in [0.2, 0.25) is 5.91 Å². The molecule has 1 heterocycles. The number of carbonyl (C=O) groups is 1. The van der Waals surface area contributed by atoms with Crippen LogP contribution in [0.25, 0.3) is 22.4 Å². The van der Waals surface area contributed by atoms with Crippen LogP contribution in [-0.4, -0.2) is 21.5 Å². The van der Waals surface area contributed by atoms with E-state index >= 15 is 0 Å². The van der Waals surface area contributed by atoms with Crippen molar-refractivity contribution < 1.29 is 9.18 Å². The minimum absolute atomic E-state index is 0. The van der Waals surface area contributed by atoms with Crippen molar-refractivity contribution >= 4 is 47.4 Å². The number of hydrogen-bond donors (Lipinski definition) is 2. The molecule has 3 N–H and O–H groups in total. The average Bonchev–Trinajstić information content (AvgIpc) is 2.95. The molecule has 28 heavy (non-hydrogen) atoms. The minimum Gasteiger partial charge on any atom is -0.325 e. The third-order valence-electron chi connectivity index (χ3n) is 4.32. The number of aromatic nitrogens is 2. The normalized spacial score (nSPS) is 11.7. The monoisotopic (exact) mass is 426 g/mol. The number of halogens is 3. The molecule has 0 aliphatic carbocycles. The van der Waals surface area contributed by atoms with E-state index in [2.05, 4.69) is 5.32 Å². The highest BCUT2D eigenvalue weighted by atomic mass is 35.5. The van der Waals surface area contributed by atoms with E-state index in [9.17, 15) is 9.18 Å². The molecule has 0 saturated carbocycles. The molecule has 0 aliphatic rings. The summed E-state index contributed by atoms with van der Waals surface area (Å²) in [5.74, 6) is 0.260. The van der Waals surface area contributed by atoms with Gasteiger partial charge in [0.15, 0.2) is 0 Å². The number of benzene rings is 2. The number of fused-ring (bicyclic) bond motifs is 1. The maximum absolute atomic E-state index is 13.7. The van der Waals surface area contributed by atoms with Crippen molar-refractivity contribution in [2.75, 3.05) is 5.32 Å². The highest BCUT2D eigenvalue weighted by Gasteiger charge is 2.17. The van der Waals surface area contributed by atoms with Crippen molar-refractivity contribution in [1.29, 1.82) is 0 Å². The zero-order valence-corrected chi connectivity index (χ0v) is 17.8. The lowest BCUT2D eigenvalue weighted by molar-refractivity contribution is -0.117. The number of nitrogens with two attached hydrogens (primary N) is 1. The fourth-order valence-corrected chi connectivity index (χ4v) is 2.98. The topological polar surface area (TPSA) is 72.9 Å². The van der Waals surface area contributed by atoms with Crippen molar-refractivity contribution in [2.45, 2.75) is 39.8 Å². The molecule has 152 valence electrons. The Kier molecular flexibility index (Phi) is 7.99. The van der Waals surface area contributed by atoms with Gasteiger partial charge in [0.25, 0.3) is 0 Å². The number of hydrogen-bond acceptors (Lipinski definition) is 3. The van der Waals surface area contributed by atoms with Crippen molar-refractivity contribution in [3.05, 3.63) is 47.8 Å². The second-order valence-electron chi connectivity index (χ2n) is 6.84. The molecule has 0 aliphatic heterocycles. The molecular formula is C20H25Cl2FN4O. The van der Waals surface area contributed by atoms with E-state index in [0.29, 0.717) is 5.69 Å². The van der Waals surface area contributed by atoms with E-state index in [1.165, 1.54) is 12.1 Å². The van der Waals surface area contributed by atoms with Gasteiger partial charge in [-0.05, 0) is 69.7 Å². The predicted molar refractivity (Wildman–Crippen MR) is 117 cm³/mol. The standard InChI is InChI=1S/C20H23FN4O.2ClH/c1-11(2)25-18-10-15(21)6-8-17(18)23-19(25)14-5-7-16(12(3)9-14)24-20(26)13(4)22;;/h5-11,13H,22H2,1-4H3,(H,24,26);2*1H. The van der Waals surface area contributed by atoms with Gasteiger partial charge in [-0.2, -0.15) is 0 Å². The summed E-state index contributed by atoms with van der Waals surface area (Å²) in [6.07, 6.45) is 0. The number of imidazole rings is 1. The van der Waals surface area contributed by atoms with Crippen LogP contribution in [0.3, 0.4) is 0 Å². The molecule has 3 aromatic rings. The van der Waals surface area contributed by atoms with Crippen LogP contribution >= 0.6 is 24.8 Å². The van der Waals surface area contributed by atoms with E-state index in [4.69, 9.17) is 10.7 Å². The van der Waals surface area contributed by atoms with Gasteiger partial charge in [-0.1, -0.05) is 0 Å². The first kappa shape index (κ1) is 23.9. The summed E-state index contributed by atoms with van der Waals surface area (Å²) < 4.78 is 15.7. The van der Waals surface area contributed by atoms with Gasteiger partial charge in [-0.3, -0.25) is 4.79 Å². The molecule has 0 bridgehead atoms. The lowest BCUT2D eigenvalue weighted by atomic mass is 10.1. The summed E-state index contributed by atoms with van der Waals surface area (Å²) in [6, 6.07) is 9.88. The summed E-state index contributed by atoms with van der Waals surface area (Å²) in [4.78, 5) is 16.5. The maximum atomic E-state index is 13.7. The first-order valence-electron chi connectivity index (χ1n) is 8.63. The molecule has 1 unspecified atom stereocenters. The Hall–Kier alpha value is -2.15. The number of nitrogens with one attached hydrogen (secondary N) is 1. The van der Waals surface area contributed by atoms with E-state index < -0.39 is 6.04 Å². The average molecular weight is 427 g/mol. The van der Waals surface area contributed by atoms with E-state index in [0.717, 1.165) is 28.0 Å². The van der Waals surface area contributed by atoms with Gasteiger partial charge >= 0.3 is 0 Å². The molecule has 3 rings (SSSR count). The second kappa shape index (κ2) is 9.37. The Bertz CT molecular complexity index is 986. The molecule has 1 amide bonds. The van der Waals surface area contributed by atoms with Crippen LogP contribution in [0.15, 0.2) is 36.4 Å². The fourth-order valence-electron chi connectivity index (χ4n) is 2.98. The van der Waals surface area contributed by atoms with Gasteiger partial charge < -0.3 is 15.6 Å². The predicted octanol–water partition coefficient (Wildman–Crippen LogP) is 4.86. The minimum atomic E-state index is -0.575. The lowest BCUT2D eigenvalue weighted by Gasteiger charge is -2.15. The molecule has 0 radical (unpaired) electrons. The Morgan fingerprint density at radius 2 is 1.82 bits per heavy atom. The molecule has 0 fully saturated rings. The van der Waals surface area contributed by atoms with Gasteiger partial charge in [0, 0.05) is 17.3 Å². The zero-order valence-electron chi connectivity index (χ0n) is 16.2. The molecule has 2 aromatic carbocycles. The first-order valence-corrected chi connectivity index (χ1v) is 8.63. The van der Waals surface area contributed by atoms with Gasteiger partial charge in [-0.25, -0.2) is 9.37 Å². The molecule has 8 heteroatoms. The first-order chi connectivity index (χ1) is 12.3. The van der Waals surface area contributed by atoms with Gasteiger partial charge in [-0.15, -0.1) is 24.8 Å². The quantitative estimate of drug-likeness (QED) is 0.625. The Labute approximate surface area is 176 Å². The third-order valence-corrected chi connectivity index (χ3v) is 4.32. The van der Waals surface area contributed by atoms with Crippen LogP contribution in [0, 0.1) is 12.7 Å². The van der Waals surface area contributed by atoms with Crippen LogP contribution < -0.4 is 11.1 Å². The second-order valence-corrected chi connectivity index (χ2v) is 6.84. The van der Waals surface area contributed by atoms with Crippen LogP contribution in [0.1, 0.15) is 32.4 Å². The van der Waals surface area contributed by atoms with Crippen LogP contribution in [0.4, 0.5) is 10.1 Å². The number of anilines is 1. The number of rotatable bonds is 4. The highest BCUT2D eigenvalue weighted by Crippen LogP contribution is 2.31. The van der Waals surface area contributed by atoms with E-state index in [1.54, 1.807) is 13.0 Å². The van der Waals surface area contributed by atoms with Gasteiger partial charge in [0.1, 0.15) is 11.6 Å². The number of amides is 1. The van der Waals surface area contributed by atoms with E-state index in [-0.39, 0.29) is 42.6 Å². The summed E-state index contributed by atoms with van der Waals surface area (Å²) in [6.45, 7) is 7.64. The van der Waals surface area contributed by atoms with Crippen molar-refractivity contribution in [2.24, 2.45) is 5.73 Å². The zero-order chi connectivity index (χ0) is 19.0. The SMILES string of the molecule is Cc1cc(-c2nc3ccc(F)cc3n2C(C)C)ccc1NC(=O)C(C)N.Cl.Cl. The lowest BCUT2D eigenvalue weighted by Crippen LogP contribution is -2.32. The Morgan fingerprint density at radius 1 is 1.14 bits per heavy atom. The molecule has 1 atom stereocenters. The fraction of sp³-hybridized carbons (Fsp3) is 0.300. The molecule has 5 nitrogen and oxygen atoms in total. The summed E-state index contributed by atoms with van der Waals surface area (Å²) in [5, 5.41) is 2.82. The largest absolute Gasteiger partial charge is 0.325 e. The van der Waals surface area contributed by atoms with Crippen LogP contribution in [0.2, 0.25) is 0 Å². The maximum Gasteiger partial charge on any atom is 0.241 e. The summed E-state index contributed by atoms with van der Waals surface area (Å²) in [7, 11) is 0. The molecule has 1 aromatic heterocycles. The number of nitrogens with zero attached hydrogens (tertiary/aromatic N) is 2. The molecule has 0 saturated heterocycles. The van der Waals surface area contributed by atoms with Crippen molar-refractivity contribution in [3.8, 4) is 11.4 Å². The summed E-state index contributed by atoms with van der Waals surface area (Å²) in [5.41, 5.74) is 9.66. The Balaban J connectivity index is 0.00000196. The van der Waals surface area contributed by atoms with Crippen molar-refractivity contribution in [3.63, 3.8) is 0 Å². The third kappa shape index (κ3) is 4.63. The number of carbonyl (C=O) groups excluding carboxylic acids is 1. The van der Waals surface area contributed by atoms with E-state index in [1.807, 2.05) is 43.5 Å². The summed E-state index contributed by atoms with van der Waals surface area (Å²) >= 11 is 0. The molecular weight excluding hydrogens is 402 g/mol. The van der Waals surface area contributed by atoms with Crippen molar-refractivity contribution in [1.82, 2.24) is 9.55 Å². The highest BCUT2D eigenvalue weighted by molar-refractivity contribution is 5.95. The number of aryl methyl sites for hydroxylation is 1. The Morgan fingerprint density at radius 3 is 2.39 bits per heavy atom. The van der Waals surface area contributed by atoms with Crippen LogP contribution in [-0.2, 0) is 4.79 Å². The van der Waals surface area contributed by atoms with Crippen LogP contribution in [0.5, 0.6) is 0 Å². The molecule has 0 spiro atoms.